The van der Waals surface area contributed by atoms with E-state index in [4.69, 9.17) is 11.6 Å². The smallest absolute Gasteiger partial charge is 0.329 e. The van der Waals surface area contributed by atoms with Crippen molar-refractivity contribution in [2.45, 2.75) is 50.5 Å². The van der Waals surface area contributed by atoms with Gasteiger partial charge in [-0.1, -0.05) is 43.4 Å². The Kier molecular flexibility index (Phi) is 5.77. The Hall–Kier alpha value is -2.15. The van der Waals surface area contributed by atoms with Crippen molar-refractivity contribution >= 4 is 29.2 Å². The molecule has 8 heteroatoms. The molecule has 0 aromatic heterocycles. The number of amides is 1. The first-order valence-electron chi connectivity index (χ1n) is 7.81. The van der Waals surface area contributed by atoms with Crippen LogP contribution in [0.5, 0.6) is 0 Å². The number of nitrogens with zero attached hydrogens (tertiary/aromatic N) is 1. The molecule has 0 unspecified atom stereocenters. The molecule has 0 radical (unpaired) electrons. The van der Waals surface area contributed by atoms with Crippen LogP contribution in [0.15, 0.2) is 18.2 Å². The average Bonchev–Trinajstić information content (AvgIpc) is 2.75. The zero-order valence-electron chi connectivity index (χ0n) is 13.1. The van der Waals surface area contributed by atoms with Gasteiger partial charge < -0.3 is 10.4 Å². The van der Waals surface area contributed by atoms with Gasteiger partial charge in [-0.3, -0.25) is 14.9 Å². The number of carboxylic acid groups (broad SMARTS) is 1. The summed E-state index contributed by atoms with van der Waals surface area (Å²) in [6, 6.07) is 3.87. The largest absolute Gasteiger partial charge is 0.480 e. The normalized spacial score (nSPS) is 16.9. The van der Waals surface area contributed by atoms with E-state index in [1.54, 1.807) is 0 Å². The molecule has 1 aliphatic rings. The van der Waals surface area contributed by atoms with Gasteiger partial charge in [-0.05, 0) is 18.4 Å². The molecule has 1 saturated carbocycles. The summed E-state index contributed by atoms with van der Waals surface area (Å²) in [5.41, 5.74) is -0.968. The van der Waals surface area contributed by atoms with Crippen molar-refractivity contribution in [1.29, 1.82) is 0 Å². The van der Waals surface area contributed by atoms with Crippen molar-refractivity contribution < 1.29 is 19.6 Å². The third-order valence-electron chi connectivity index (χ3n) is 4.34. The third-order valence-corrected chi connectivity index (χ3v) is 4.70. The Bertz CT molecular complexity index is 654. The lowest BCUT2D eigenvalue weighted by Crippen LogP contribution is -2.54. The number of carbonyl (C=O) groups excluding carboxylic acids is 1. The number of carbonyl (C=O) groups is 2. The molecule has 7 nitrogen and oxygen atoms in total. The Morgan fingerprint density at radius 2 is 1.88 bits per heavy atom. The fourth-order valence-corrected chi connectivity index (χ4v) is 3.24. The highest BCUT2D eigenvalue weighted by molar-refractivity contribution is 6.31. The SMILES string of the molecule is O=C(Cc1ccc([N+](=O)[O-])cc1Cl)NC1(C(=O)O)CCCCCC1. The van der Waals surface area contributed by atoms with E-state index in [1.165, 1.54) is 18.2 Å². The predicted molar refractivity (Wildman–Crippen MR) is 88.0 cm³/mol. The van der Waals surface area contributed by atoms with Crippen molar-refractivity contribution in [2.75, 3.05) is 0 Å². The van der Waals surface area contributed by atoms with Crippen LogP contribution in [0.3, 0.4) is 0 Å². The number of hydrogen-bond donors (Lipinski definition) is 2. The second kappa shape index (κ2) is 7.61. The summed E-state index contributed by atoms with van der Waals surface area (Å²) in [7, 11) is 0. The number of nitrogens with one attached hydrogen (secondary N) is 1. The van der Waals surface area contributed by atoms with E-state index in [-0.39, 0.29) is 17.1 Å². The summed E-state index contributed by atoms with van der Waals surface area (Å²) in [5.74, 6) is -1.47. The van der Waals surface area contributed by atoms with E-state index in [0.717, 1.165) is 25.7 Å². The van der Waals surface area contributed by atoms with Gasteiger partial charge in [0.05, 0.1) is 16.4 Å². The molecule has 0 aliphatic heterocycles. The molecule has 0 heterocycles. The maximum absolute atomic E-state index is 12.3. The van der Waals surface area contributed by atoms with Gasteiger partial charge in [0.2, 0.25) is 5.91 Å². The summed E-state index contributed by atoms with van der Waals surface area (Å²) in [5, 5.41) is 23.0. The number of hydrogen-bond acceptors (Lipinski definition) is 4. The van der Waals surface area contributed by atoms with Crippen molar-refractivity contribution in [3.63, 3.8) is 0 Å². The molecule has 2 rings (SSSR count). The molecule has 0 spiro atoms. The van der Waals surface area contributed by atoms with E-state index in [9.17, 15) is 24.8 Å². The Morgan fingerprint density at radius 1 is 1.25 bits per heavy atom. The number of nitro groups is 1. The number of benzene rings is 1. The van der Waals surface area contributed by atoms with Gasteiger partial charge in [0.1, 0.15) is 5.54 Å². The lowest BCUT2D eigenvalue weighted by molar-refractivity contribution is -0.384. The number of aliphatic carboxylic acids is 1. The van der Waals surface area contributed by atoms with Crippen molar-refractivity contribution in [2.24, 2.45) is 0 Å². The van der Waals surface area contributed by atoms with E-state index in [0.29, 0.717) is 18.4 Å². The first-order chi connectivity index (χ1) is 11.3. The van der Waals surface area contributed by atoms with Crippen LogP contribution >= 0.6 is 11.6 Å². The summed E-state index contributed by atoms with van der Waals surface area (Å²) < 4.78 is 0. The molecule has 1 amide bonds. The Morgan fingerprint density at radius 3 is 2.38 bits per heavy atom. The van der Waals surface area contributed by atoms with Crippen LogP contribution < -0.4 is 5.32 Å². The van der Waals surface area contributed by atoms with Crippen LogP contribution in [-0.4, -0.2) is 27.4 Å². The fraction of sp³-hybridized carbons (Fsp3) is 0.500. The zero-order chi connectivity index (χ0) is 17.7. The summed E-state index contributed by atoms with van der Waals surface area (Å²) >= 11 is 5.98. The summed E-state index contributed by atoms with van der Waals surface area (Å²) in [6.07, 6.45) is 4.11. The maximum Gasteiger partial charge on any atom is 0.329 e. The minimum atomic E-state index is -1.24. The minimum Gasteiger partial charge on any atom is -0.480 e. The van der Waals surface area contributed by atoms with Gasteiger partial charge in [0, 0.05) is 12.1 Å². The summed E-state index contributed by atoms with van der Waals surface area (Å²) in [4.78, 5) is 34.1. The molecular weight excluding hydrogens is 336 g/mol. The highest BCUT2D eigenvalue weighted by Crippen LogP contribution is 2.28. The Balaban J connectivity index is 2.11. The highest BCUT2D eigenvalue weighted by Gasteiger charge is 2.39. The molecule has 1 aliphatic carbocycles. The molecule has 0 atom stereocenters. The minimum absolute atomic E-state index is 0.115. The third kappa shape index (κ3) is 4.23. The van der Waals surface area contributed by atoms with Crippen molar-refractivity contribution in [3.8, 4) is 0 Å². The van der Waals surface area contributed by atoms with Crippen molar-refractivity contribution in [3.05, 3.63) is 38.9 Å². The van der Waals surface area contributed by atoms with Crippen LogP contribution in [0.2, 0.25) is 5.02 Å². The molecule has 24 heavy (non-hydrogen) atoms. The van der Waals surface area contributed by atoms with E-state index >= 15 is 0 Å². The van der Waals surface area contributed by atoms with Crippen LogP contribution in [0.25, 0.3) is 0 Å². The van der Waals surface area contributed by atoms with Gasteiger partial charge in [0.25, 0.3) is 5.69 Å². The highest BCUT2D eigenvalue weighted by atomic mass is 35.5. The van der Waals surface area contributed by atoms with Crippen LogP contribution in [0.4, 0.5) is 5.69 Å². The first-order valence-corrected chi connectivity index (χ1v) is 8.19. The zero-order valence-corrected chi connectivity index (χ0v) is 13.8. The van der Waals surface area contributed by atoms with Gasteiger partial charge in [-0.2, -0.15) is 0 Å². The quantitative estimate of drug-likeness (QED) is 0.479. The van der Waals surface area contributed by atoms with Gasteiger partial charge in [0.15, 0.2) is 0 Å². The molecule has 1 fully saturated rings. The fourth-order valence-electron chi connectivity index (χ4n) is 3.00. The molecular formula is C16H19ClN2O5. The van der Waals surface area contributed by atoms with Crippen LogP contribution in [0, 0.1) is 10.1 Å². The van der Waals surface area contributed by atoms with E-state index in [2.05, 4.69) is 5.32 Å². The topological polar surface area (TPSA) is 110 Å². The number of rotatable bonds is 5. The first kappa shape index (κ1) is 18.2. The molecule has 0 saturated heterocycles. The van der Waals surface area contributed by atoms with Gasteiger partial charge in [-0.15, -0.1) is 0 Å². The van der Waals surface area contributed by atoms with E-state index in [1.807, 2.05) is 0 Å². The number of nitro benzene ring substituents is 1. The predicted octanol–water partition coefficient (Wildman–Crippen LogP) is 3.08. The van der Waals surface area contributed by atoms with Gasteiger partial charge in [-0.25, -0.2) is 4.79 Å². The molecule has 0 bridgehead atoms. The Labute approximate surface area is 144 Å². The number of carboxylic acids is 1. The van der Waals surface area contributed by atoms with Crippen LogP contribution in [-0.2, 0) is 16.0 Å². The lowest BCUT2D eigenvalue weighted by Gasteiger charge is -2.29. The monoisotopic (exact) mass is 354 g/mol. The lowest BCUT2D eigenvalue weighted by atomic mass is 9.90. The second-order valence-electron chi connectivity index (χ2n) is 6.06. The van der Waals surface area contributed by atoms with Crippen molar-refractivity contribution in [1.82, 2.24) is 5.32 Å². The number of non-ortho nitro benzene ring substituents is 1. The second-order valence-corrected chi connectivity index (χ2v) is 6.47. The standard InChI is InChI=1S/C16H19ClN2O5/c17-13-10-12(19(23)24)6-5-11(13)9-14(20)18-16(15(21)22)7-3-1-2-4-8-16/h5-6,10H,1-4,7-9H2,(H,18,20)(H,21,22). The van der Waals surface area contributed by atoms with E-state index < -0.39 is 22.3 Å². The molecule has 2 N–H and O–H groups in total. The average molecular weight is 355 g/mol. The maximum atomic E-state index is 12.3. The van der Waals surface area contributed by atoms with Gasteiger partial charge >= 0.3 is 5.97 Å². The van der Waals surface area contributed by atoms with Crippen LogP contribution in [0.1, 0.15) is 44.1 Å². The number of halogens is 1. The molecule has 130 valence electrons. The summed E-state index contributed by atoms with van der Waals surface area (Å²) in [6.45, 7) is 0. The molecule has 1 aromatic rings. The molecule has 1 aromatic carbocycles.